The molecule has 15 heavy (non-hydrogen) atoms. The van der Waals surface area contributed by atoms with Crippen molar-refractivity contribution in [2.45, 2.75) is 6.61 Å². The second kappa shape index (κ2) is 5.35. The van der Waals surface area contributed by atoms with Crippen molar-refractivity contribution in [3.05, 3.63) is 29.7 Å². The molecule has 1 aromatic rings. The molecule has 0 aliphatic rings. The van der Waals surface area contributed by atoms with Crippen LogP contribution in [-0.2, 0) is 0 Å². The lowest BCUT2D eigenvalue weighted by Crippen LogP contribution is -2.04. The maximum atomic E-state index is 13.1. The minimum absolute atomic E-state index is 0.0886. The van der Waals surface area contributed by atoms with Crippen molar-refractivity contribution < 1.29 is 23.0 Å². The van der Waals surface area contributed by atoms with Crippen LogP contribution < -0.4 is 4.74 Å². The monoisotopic (exact) mass is 219 g/mol. The molecule has 1 rings (SSSR count). The Labute approximate surface area is 83.8 Å². The van der Waals surface area contributed by atoms with E-state index in [0.717, 1.165) is 6.07 Å². The third-order valence-corrected chi connectivity index (χ3v) is 1.46. The number of nitrogens with zero attached hydrogens (tertiary/aromatic N) is 1. The van der Waals surface area contributed by atoms with Crippen LogP contribution in [0, 0.1) is 5.95 Å². The Kier molecular flexibility index (Phi) is 4.11. The number of hydrogen-bond acceptors (Lipinski definition) is 3. The van der Waals surface area contributed by atoms with Gasteiger partial charge in [-0.05, 0) is 6.07 Å². The largest absolute Gasteiger partial charge is 0.417 e. The van der Waals surface area contributed by atoms with Crippen molar-refractivity contribution in [2.24, 2.45) is 0 Å². The molecule has 0 aromatic carbocycles. The Morgan fingerprint density at radius 3 is 2.73 bits per heavy atom. The SMILES string of the molecule is OC/C=C\c1ccc(OC(F)F)nc1F. The highest BCUT2D eigenvalue weighted by atomic mass is 19.3. The third-order valence-electron chi connectivity index (χ3n) is 1.46. The van der Waals surface area contributed by atoms with Crippen molar-refractivity contribution in [2.75, 3.05) is 6.61 Å². The van der Waals surface area contributed by atoms with Crippen LogP contribution in [0.15, 0.2) is 18.2 Å². The predicted octanol–water partition coefficient (Wildman–Crippen LogP) is 1.83. The summed E-state index contributed by atoms with van der Waals surface area (Å²) in [6, 6.07) is 2.35. The molecule has 1 N–H and O–H groups in total. The molecule has 0 radical (unpaired) electrons. The van der Waals surface area contributed by atoms with Gasteiger partial charge in [-0.15, -0.1) is 0 Å². The topological polar surface area (TPSA) is 42.4 Å². The number of halogens is 3. The van der Waals surface area contributed by atoms with Crippen molar-refractivity contribution in [1.29, 1.82) is 0 Å². The zero-order valence-corrected chi connectivity index (χ0v) is 7.53. The Balaban J connectivity index is 2.83. The lowest BCUT2D eigenvalue weighted by molar-refractivity contribution is -0.0532. The highest BCUT2D eigenvalue weighted by Crippen LogP contribution is 2.15. The summed E-state index contributed by atoms with van der Waals surface area (Å²) >= 11 is 0. The molecule has 82 valence electrons. The molecule has 0 aliphatic carbocycles. The van der Waals surface area contributed by atoms with Gasteiger partial charge in [-0.1, -0.05) is 12.2 Å². The summed E-state index contributed by atoms with van der Waals surface area (Å²) in [7, 11) is 0. The van der Waals surface area contributed by atoms with Crippen LogP contribution in [0.5, 0.6) is 5.88 Å². The number of hydrogen-bond donors (Lipinski definition) is 1. The molecule has 0 fully saturated rings. The molecular formula is C9H8F3NO2. The van der Waals surface area contributed by atoms with Crippen LogP contribution in [0.25, 0.3) is 6.08 Å². The summed E-state index contributed by atoms with van der Waals surface area (Å²) in [6.07, 6.45) is 2.59. The molecular weight excluding hydrogens is 211 g/mol. The van der Waals surface area contributed by atoms with Gasteiger partial charge < -0.3 is 9.84 Å². The molecule has 0 aliphatic heterocycles. The van der Waals surface area contributed by atoms with E-state index >= 15 is 0 Å². The van der Waals surface area contributed by atoms with Gasteiger partial charge in [-0.3, -0.25) is 0 Å². The van der Waals surface area contributed by atoms with Gasteiger partial charge in [0.25, 0.3) is 0 Å². The quantitative estimate of drug-likeness (QED) is 0.785. The zero-order chi connectivity index (χ0) is 11.3. The standard InChI is InChI=1S/C9H8F3NO2/c10-8-6(2-1-5-14)3-4-7(13-8)15-9(11)12/h1-4,9,14H,5H2/b2-1-. The molecule has 0 saturated carbocycles. The van der Waals surface area contributed by atoms with E-state index in [1.807, 2.05) is 0 Å². The Morgan fingerprint density at radius 2 is 2.20 bits per heavy atom. The predicted molar refractivity (Wildman–Crippen MR) is 46.9 cm³/mol. The molecule has 0 saturated heterocycles. The number of aliphatic hydroxyl groups excluding tert-OH is 1. The molecule has 0 atom stereocenters. The van der Waals surface area contributed by atoms with E-state index < -0.39 is 18.4 Å². The van der Waals surface area contributed by atoms with Crippen LogP contribution >= 0.6 is 0 Å². The van der Waals surface area contributed by atoms with Crippen LogP contribution in [0.1, 0.15) is 5.56 Å². The van der Waals surface area contributed by atoms with E-state index in [-0.39, 0.29) is 12.2 Å². The zero-order valence-electron chi connectivity index (χ0n) is 7.53. The first-order chi connectivity index (χ1) is 7.13. The average molecular weight is 219 g/mol. The van der Waals surface area contributed by atoms with E-state index in [4.69, 9.17) is 5.11 Å². The fourth-order valence-corrected chi connectivity index (χ4v) is 0.889. The van der Waals surface area contributed by atoms with E-state index in [1.54, 1.807) is 0 Å². The first-order valence-corrected chi connectivity index (χ1v) is 4.02. The first-order valence-electron chi connectivity index (χ1n) is 4.02. The minimum Gasteiger partial charge on any atom is -0.417 e. The summed E-state index contributed by atoms with van der Waals surface area (Å²) < 4.78 is 40.4. The van der Waals surface area contributed by atoms with Crippen molar-refractivity contribution in [1.82, 2.24) is 4.98 Å². The number of alkyl halides is 2. The third kappa shape index (κ3) is 3.59. The summed E-state index contributed by atoms with van der Waals surface area (Å²) in [5.74, 6) is -1.42. The van der Waals surface area contributed by atoms with Gasteiger partial charge >= 0.3 is 6.61 Å². The summed E-state index contributed by atoms with van der Waals surface area (Å²) in [6.45, 7) is -3.27. The number of pyridine rings is 1. The van der Waals surface area contributed by atoms with Crippen molar-refractivity contribution in [3.63, 3.8) is 0 Å². The molecule has 3 nitrogen and oxygen atoms in total. The number of ether oxygens (including phenoxy) is 1. The normalized spacial score (nSPS) is 11.3. The molecule has 0 amide bonds. The Morgan fingerprint density at radius 1 is 1.47 bits per heavy atom. The molecule has 6 heteroatoms. The van der Waals surface area contributed by atoms with Crippen LogP contribution in [-0.4, -0.2) is 23.3 Å². The van der Waals surface area contributed by atoms with E-state index in [0.29, 0.717) is 0 Å². The summed E-state index contributed by atoms with van der Waals surface area (Å²) in [5.41, 5.74) is 0.0886. The Bertz CT molecular complexity index is 355. The van der Waals surface area contributed by atoms with Crippen LogP contribution in [0.3, 0.4) is 0 Å². The van der Waals surface area contributed by atoms with Gasteiger partial charge in [-0.2, -0.15) is 18.2 Å². The van der Waals surface area contributed by atoms with Gasteiger partial charge in [0.2, 0.25) is 11.8 Å². The molecule has 1 heterocycles. The van der Waals surface area contributed by atoms with Crippen LogP contribution in [0.4, 0.5) is 13.2 Å². The fraction of sp³-hybridized carbons (Fsp3) is 0.222. The molecule has 0 unspecified atom stereocenters. The molecule has 1 aromatic heterocycles. The maximum Gasteiger partial charge on any atom is 0.388 e. The molecule has 0 bridgehead atoms. The second-order valence-electron chi connectivity index (χ2n) is 2.49. The van der Waals surface area contributed by atoms with Crippen molar-refractivity contribution >= 4 is 6.08 Å². The van der Waals surface area contributed by atoms with E-state index in [1.165, 1.54) is 18.2 Å². The van der Waals surface area contributed by atoms with Gasteiger partial charge in [-0.25, -0.2) is 0 Å². The first kappa shape index (κ1) is 11.5. The van der Waals surface area contributed by atoms with E-state index in [9.17, 15) is 13.2 Å². The van der Waals surface area contributed by atoms with Gasteiger partial charge in [0.15, 0.2) is 0 Å². The fourth-order valence-electron chi connectivity index (χ4n) is 0.889. The van der Waals surface area contributed by atoms with E-state index in [2.05, 4.69) is 9.72 Å². The minimum atomic E-state index is -3.03. The van der Waals surface area contributed by atoms with Gasteiger partial charge in [0.05, 0.1) is 6.61 Å². The number of aromatic nitrogens is 1. The van der Waals surface area contributed by atoms with Crippen molar-refractivity contribution in [3.8, 4) is 5.88 Å². The molecule has 0 spiro atoms. The second-order valence-corrected chi connectivity index (χ2v) is 2.49. The summed E-state index contributed by atoms with van der Waals surface area (Å²) in [4.78, 5) is 3.16. The highest BCUT2D eigenvalue weighted by molar-refractivity contribution is 5.49. The summed E-state index contributed by atoms with van der Waals surface area (Å²) in [5, 5.41) is 8.44. The number of aliphatic hydroxyl groups is 1. The maximum absolute atomic E-state index is 13.1. The van der Waals surface area contributed by atoms with Gasteiger partial charge in [0, 0.05) is 11.6 Å². The van der Waals surface area contributed by atoms with Gasteiger partial charge in [0.1, 0.15) is 0 Å². The Hall–Kier alpha value is -1.56. The lowest BCUT2D eigenvalue weighted by atomic mass is 10.2. The smallest absolute Gasteiger partial charge is 0.388 e. The lowest BCUT2D eigenvalue weighted by Gasteiger charge is -2.03. The number of rotatable bonds is 4. The van der Waals surface area contributed by atoms with Crippen LogP contribution in [0.2, 0.25) is 0 Å². The average Bonchev–Trinajstić information content (AvgIpc) is 2.15. The highest BCUT2D eigenvalue weighted by Gasteiger charge is 2.08.